The molecule has 0 bridgehead atoms. The van der Waals surface area contributed by atoms with Crippen molar-refractivity contribution in [3.63, 3.8) is 0 Å². The lowest BCUT2D eigenvalue weighted by Crippen LogP contribution is -2.42. The molecule has 5 rings (SSSR count). The van der Waals surface area contributed by atoms with E-state index in [9.17, 15) is 13.6 Å². The lowest BCUT2D eigenvalue weighted by atomic mass is 9.84. The maximum absolute atomic E-state index is 13.4. The number of benzene rings is 1. The number of nitrogens with zero attached hydrogens (tertiary/aromatic N) is 6. The van der Waals surface area contributed by atoms with Gasteiger partial charge in [-0.2, -0.15) is 10.1 Å². The largest absolute Gasteiger partial charge is 0.441 e. The van der Waals surface area contributed by atoms with E-state index in [1.165, 1.54) is 16.9 Å². The van der Waals surface area contributed by atoms with Crippen LogP contribution in [0.1, 0.15) is 53.3 Å². The first-order valence-corrected chi connectivity index (χ1v) is 10.1. The van der Waals surface area contributed by atoms with Crippen molar-refractivity contribution in [2.75, 3.05) is 13.1 Å². The van der Waals surface area contributed by atoms with Crippen molar-refractivity contribution in [3.05, 3.63) is 53.4 Å². The lowest BCUT2D eigenvalue weighted by Gasteiger charge is -2.37. The second-order valence-electron chi connectivity index (χ2n) is 7.92. The summed E-state index contributed by atoms with van der Waals surface area (Å²) in [6.45, 7) is 4.78. The molecule has 0 radical (unpaired) electrons. The van der Waals surface area contributed by atoms with Gasteiger partial charge in [-0.3, -0.25) is 4.79 Å². The zero-order chi connectivity index (χ0) is 21.7. The number of carbonyl (C=O) groups excluding carboxylic acids is 1. The number of hydrogen-bond acceptors (Lipinski definition) is 6. The molecule has 1 aromatic carbocycles. The van der Waals surface area contributed by atoms with Crippen LogP contribution in [0.2, 0.25) is 0 Å². The van der Waals surface area contributed by atoms with Gasteiger partial charge in [-0.15, -0.1) is 0 Å². The molecule has 0 unspecified atom stereocenters. The zero-order valence-corrected chi connectivity index (χ0v) is 17.0. The number of halogens is 2. The molecule has 1 aliphatic rings. The lowest BCUT2D eigenvalue weighted by molar-refractivity contribution is 0.0665. The third kappa shape index (κ3) is 3.41. The van der Waals surface area contributed by atoms with Crippen molar-refractivity contribution in [2.45, 2.75) is 32.6 Å². The Hall–Kier alpha value is -3.43. The number of carbonyl (C=O) groups is 1. The highest BCUT2D eigenvalue weighted by Crippen LogP contribution is 2.34. The normalized spacial score (nSPS) is 19.6. The topological polar surface area (TPSA) is 89.4 Å². The van der Waals surface area contributed by atoms with E-state index in [0.29, 0.717) is 41.3 Å². The smallest absolute Gasteiger partial charge is 0.280 e. The molecule has 1 aliphatic heterocycles. The molecule has 160 valence electrons. The molecule has 0 spiro atoms. The first-order valence-electron chi connectivity index (χ1n) is 10.1. The molecule has 4 aromatic rings. The van der Waals surface area contributed by atoms with Crippen molar-refractivity contribution in [3.8, 4) is 0 Å². The van der Waals surface area contributed by atoms with Crippen LogP contribution in [-0.4, -0.2) is 48.5 Å². The second kappa shape index (κ2) is 7.36. The molecule has 8 nitrogen and oxygen atoms in total. The van der Waals surface area contributed by atoms with Crippen molar-refractivity contribution < 1.29 is 18.0 Å². The molecule has 10 heteroatoms. The van der Waals surface area contributed by atoms with Crippen molar-refractivity contribution in [2.24, 2.45) is 5.92 Å². The quantitative estimate of drug-likeness (QED) is 0.495. The number of hydrogen-bond donors (Lipinski definition) is 0. The van der Waals surface area contributed by atoms with E-state index >= 15 is 0 Å². The number of oxazole rings is 1. The summed E-state index contributed by atoms with van der Waals surface area (Å²) in [6.07, 6.45) is -0.677. The van der Waals surface area contributed by atoms with E-state index in [2.05, 4.69) is 27.0 Å². The number of aryl methyl sites for hydroxylation is 1. The predicted molar refractivity (Wildman–Crippen MR) is 107 cm³/mol. The highest BCUT2D eigenvalue weighted by molar-refractivity contribution is 5.97. The third-order valence-corrected chi connectivity index (χ3v) is 5.89. The van der Waals surface area contributed by atoms with Gasteiger partial charge in [0.2, 0.25) is 0 Å². The van der Waals surface area contributed by atoms with Crippen LogP contribution in [0.25, 0.3) is 16.9 Å². The SMILES string of the molecule is Cc1nc2ccc(C(=O)N3CC[C@@H](C)[C@H](c4cc(C(F)F)nc5ncnn45)C3)cc2o1. The van der Waals surface area contributed by atoms with E-state index in [4.69, 9.17) is 4.42 Å². The van der Waals surface area contributed by atoms with Gasteiger partial charge in [0.25, 0.3) is 18.1 Å². The van der Waals surface area contributed by atoms with Gasteiger partial charge in [0, 0.05) is 31.5 Å². The minimum atomic E-state index is -2.71. The molecule has 0 N–H and O–H groups in total. The molecule has 1 fully saturated rings. The molecule has 31 heavy (non-hydrogen) atoms. The maximum Gasteiger partial charge on any atom is 0.280 e. The Morgan fingerprint density at radius 3 is 2.90 bits per heavy atom. The zero-order valence-electron chi connectivity index (χ0n) is 17.0. The first kappa shape index (κ1) is 19.5. The van der Waals surface area contributed by atoms with Crippen molar-refractivity contribution >= 4 is 22.8 Å². The summed E-state index contributed by atoms with van der Waals surface area (Å²) in [7, 11) is 0. The minimum Gasteiger partial charge on any atom is -0.441 e. The third-order valence-electron chi connectivity index (χ3n) is 5.89. The van der Waals surface area contributed by atoms with Crippen molar-refractivity contribution in [1.29, 1.82) is 0 Å². The highest BCUT2D eigenvalue weighted by atomic mass is 19.3. The summed E-state index contributed by atoms with van der Waals surface area (Å²) < 4.78 is 33.8. The summed E-state index contributed by atoms with van der Waals surface area (Å²) in [5.74, 6) is 0.527. The number of alkyl halides is 2. The maximum atomic E-state index is 13.4. The Bertz CT molecular complexity index is 1280. The fraction of sp³-hybridized carbons (Fsp3) is 0.381. The summed E-state index contributed by atoms with van der Waals surface area (Å²) in [5, 5.41) is 4.17. The summed E-state index contributed by atoms with van der Waals surface area (Å²) in [4.78, 5) is 27.1. The van der Waals surface area contributed by atoms with Crippen LogP contribution in [0.5, 0.6) is 0 Å². The first-order chi connectivity index (χ1) is 14.9. The van der Waals surface area contributed by atoms with Gasteiger partial charge in [0.15, 0.2) is 11.5 Å². The van der Waals surface area contributed by atoms with Crippen LogP contribution < -0.4 is 0 Å². The van der Waals surface area contributed by atoms with Gasteiger partial charge in [0.1, 0.15) is 17.5 Å². The minimum absolute atomic E-state index is 0.133. The van der Waals surface area contributed by atoms with E-state index < -0.39 is 6.43 Å². The molecular weight excluding hydrogens is 406 g/mol. The number of likely N-dealkylation sites (tertiary alicyclic amines) is 1. The van der Waals surface area contributed by atoms with Crippen LogP contribution in [-0.2, 0) is 0 Å². The number of rotatable bonds is 3. The number of aromatic nitrogens is 5. The summed E-state index contributed by atoms with van der Waals surface area (Å²) in [6, 6.07) is 6.57. The summed E-state index contributed by atoms with van der Waals surface area (Å²) in [5.41, 5.74) is 2.02. The van der Waals surface area contributed by atoms with Crippen LogP contribution in [0.4, 0.5) is 8.78 Å². The van der Waals surface area contributed by atoms with E-state index in [-0.39, 0.29) is 29.2 Å². The van der Waals surface area contributed by atoms with E-state index in [0.717, 1.165) is 6.42 Å². The predicted octanol–water partition coefficient (Wildman–Crippen LogP) is 3.78. The van der Waals surface area contributed by atoms with Gasteiger partial charge in [-0.05, 0) is 36.6 Å². The van der Waals surface area contributed by atoms with Crippen LogP contribution in [0.3, 0.4) is 0 Å². The monoisotopic (exact) mass is 426 g/mol. The second-order valence-corrected chi connectivity index (χ2v) is 7.92. The van der Waals surface area contributed by atoms with E-state index in [1.807, 2.05) is 0 Å². The Kier molecular flexibility index (Phi) is 4.64. The van der Waals surface area contributed by atoms with Crippen molar-refractivity contribution in [1.82, 2.24) is 29.5 Å². The number of fused-ring (bicyclic) bond motifs is 2. The van der Waals surface area contributed by atoms with Gasteiger partial charge in [-0.25, -0.2) is 23.3 Å². The van der Waals surface area contributed by atoms with E-state index in [1.54, 1.807) is 30.0 Å². The standard InChI is InChI=1S/C21H20F2N6O2/c1-11-5-6-28(20(30)13-3-4-15-18(7-13)31-12(2)26-15)9-14(11)17-8-16(19(22)23)27-21-24-10-25-29(17)21/h3-4,7-8,10-11,14,19H,5-6,9H2,1-2H3/t11-,14-/m1/s1. The fourth-order valence-corrected chi connectivity index (χ4v) is 4.22. The van der Waals surface area contributed by atoms with Gasteiger partial charge in [0.05, 0.1) is 5.69 Å². The molecule has 1 saturated heterocycles. The van der Waals surface area contributed by atoms with Gasteiger partial charge in [-0.1, -0.05) is 6.92 Å². The Morgan fingerprint density at radius 2 is 2.10 bits per heavy atom. The van der Waals surface area contributed by atoms with Gasteiger partial charge < -0.3 is 9.32 Å². The average molecular weight is 426 g/mol. The number of piperidine rings is 1. The van der Waals surface area contributed by atoms with Gasteiger partial charge >= 0.3 is 0 Å². The summed E-state index contributed by atoms with van der Waals surface area (Å²) >= 11 is 0. The molecule has 4 heterocycles. The molecular formula is C21H20F2N6O2. The molecule has 0 aliphatic carbocycles. The molecule has 3 aromatic heterocycles. The Labute approximate surface area is 175 Å². The van der Waals surface area contributed by atoms with Crippen LogP contribution >= 0.6 is 0 Å². The highest BCUT2D eigenvalue weighted by Gasteiger charge is 2.33. The Balaban J connectivity index is 1.48. The Morgan fingerprint density at radius 1 is 1.26 bits per heavy atom. The molecule has 1 amide bonds. The molecule has 0 saturated carbocycles. The number of amides is 1. The van der Waals surface area contributed by atoms with Crippen LogP contribution in [0, 0.1) is 12.8 Å². The molecule has 2 atom stereocenters. The average Bonchev–Trinajstić information content (AvgIpc) is 3.37. The van der Waals surface area contributed by atoms with Crippen LogP contribution in [0.15, 0.2) is 35.0 Å². The fourth-order valence-electron chi connectivity index (χ4n) is 4.22.